The summed E-state index contributed by atoms with van der Waals surface area (Å²) in [5.41, 5.74) is 1.08. The molecule has 0 aliphatic carbocycles. The van der Waals surface area contributed by atoms with Crippen molar-refractivity contribution in [1.82, 2.24) is 10.6 Å². The SMILES string of the molecule is CC(CCc1ccccc1)NC1(CC(=O)O)CNC1. The third kappa shape index (κ3) is 4.04. The molecule has 0 spiro atoms. The fraction of sp³-hybridized carbons (Fsp3) is 0.533. The van der Waals surface area contributed by atoms with E-state index in [1.54, 1.807) is 0 Å². The van der Waals surface area contributed by atoms with E-state index in [2.05, 4.69) is 41.8 Å². The molecule has 104 valence electrons. The number of rotatable bonds is 7. The van der Waals surface area contributed by atoms with E-state index < -0.39 is 5.97 Å². The Kier molecular flexibility index (Phi) is 4.56. The summed E-state index contributed by atoms with van der Waals surface area (Å²) in [6.07, 6.45) is 2.23. The summed E-state index contributed by atoms with van der Waals surface area (Å²) in [5, 5.41) is 15.6. The molecule has 0 aromatic heterocycles. The minimum atomic E-state index is -0.732. The molecule has 1 atom stereocenters. The lowest BCUT2D eigenvalue weighted by Crippen LogP contribution is -2.70. The van der Waals surface area contributed by atoms with Crippen LogP contribution in [0.25, 0.3) is 0 Å². The number of hydrogen-bond acceptors (Lipinski definition) is 3. The normalized spacial score (nSPS) is 18.6. The first-order valence-corrected chi connectivity index (χ1v) is 6.84. The Labute approximate surface area is 114 Å². The third-order valence-electron chi connectivity index (χ3n) is 3.68. The maximum Gasteiger partial charge on any atom is 0.305 e. The van der Waals surface area contributed by atoms with Gasteiger partial charge in [-0.25, -0.2) is 0 Å². The molecule has 0 radical (unpaired) electrons. The van der Waals surface area contributed by atoms with Crippen molar-refractivity contribution in [3.63, 3.8) is 0 Å². The Balaban J connectivity index is 1.80. The van der Waals surface area contributed by atoms with E-state index in [1.165, 1.54) is 5.56 Å². The first-order chi connectivity index (χ1) is 9.10. The fourth-order valence-electron chi connectivity index (χ4n) is 2.62. The highest BCUT2D eigenvalue weighted by Crippen LogP contribution is 2.18. The first kappa shape index (κ1) is 14.0. The van der Waals surface area contributed by atoms with Crippen molar-refractivity contribution in [3.05, 3.63) is 35.9 Å². The van der Waals surface area contributed by atoms with Crippen LogP contribution in [0.15, 0.2) is 30.3 Å². The lowest BCUT2D eigenvalue weighted by atomic mass is 9.87. The zero-order valence-electron chi connectivity index (χ0n) is 11.4. The Hall–Kier alpha value is -1.39. The number of aryl methyl sites for hydroxylation is 1. The van der Waals surface area contributed by atoms with Crippen LogP contribution in [0.3, 0.4) is 0 Å². The van der Waals surface area contributed by atoms with Crippen LogP contribution in [-0.4, -0.2) is 35.7 Å². The molecule has 0 bridgehead atoms. The second-order valence-corrected chi connectivity index (χ2v) is 5.52. The van der Waals surface area contributed by atoms with Gasteiger partial charge >= 0.3 is 5.97 Å². The molecule has 2 rings (SSSR count). The minimum absolute atomic E-state index is 0.190. The van der Waals surface area contributed by atoms with Gasteiger partial charge in [0.05, 0.1) is 12.0 Å². The molecule has 1 aliphatic rings. The number of aliphatic carboxylic acids is 1. The molecular formula is C15H22N2O2. The molecule has 1 aromatic rings. The molecule has 0 saturated carbocycles. The minimum Gasteiger partial charge on any atom is -0.481 e. The van der Waals surface area contributed by atoms with E-state index in [0.29, 0.717) is 6.04 Å². The first-order valence-electron chi connectivity index (χ1n) is 6.84. The predicted octanol–water partition coefficient (Wildman–Crippen LogP) is 1.41. The van der Waals surface area contributed by atoms with Crippen molar-refractivity contribution in [1.29, 1.82) is 0 Å². The molecule has 1 aliphatic heterocycles. The van der Waals surface area contributed by atoms with Gasteiger partial charge in [-0.3, -0.25) is 4.79 Å². The topological polar surface area (TPSA) is 61.4 Å². The molecule has 4 heteroatoms. The molecule has 4 nitrogen and oxygen atoms in total. The summed E-state index contributed by atoms with van der Waals surface area (Å²) in [6, 6.07) is 10.7. The smallest absolute Gasteiger partial charge is 0.305 e. The maximum absolute atomic E-state index is 10.9. The number of carboxylic acid groups (broad SMARTS) is 1. The van der Waals surface area contributed by atoms with Gasteiger partial charge in [-0.1, -0.05) is 30.3 Å². The zero-order chi connectivity index (χ0) is 13.7. The summed E-state index contributed by atoms with van der Waals surface area (Å²) in [4.78, 5) is 10.9. The standard InChI is InChI=1S/C15H22N2O2/c1-12(7-8-13-5-3-2-4-6-13)17-15(9-14(18)19)10-16-11-15/h2-6,12,16-17H,7-11H2,1H3,(H,18,19). The number of hydrogen-bond donors (Lipinski definition) is 3. The quantitative estimate of drug-likeness (QED) is 0.695. The van der Waals surface area contributed by atoms with E-state index in [4.69, 9.17) is 5.11 Å². The number of carbonyl (C=O) groups is 1. The van der Waals surface area contributed by atoms with E-state index in [0.717, 1.165) is 25.9 Å². The van der Waals surface area contributed by atoms with Gasteiger partial charge in [0.15, 0.2) is 0 Å². The van der Waals surface area contributed by atoms with Gasteiger partial charge < -0.3 is 15.7 Å². The van der Waals surface area contributed by atoms with Crippen LogP contribution in [0, 0.1) is 0 Å². The molecule has 19 heavy (non-hydrogen) atoms. The summed E-state index contributed by atoms with van der Waals surface area (Å²) in [5.74, 6) is -0.732. The van der Waals surface area contributed by atoms with Crippen LogP contribution in [0.2, 0.25) is 0 Å². The number of nitrogens with one attached hydrogen (secondary N) is 2. The Morgan fingerprint density at radius 3 is 2.63 bits per heavy atom. The van der Waals surface area contributed by atoms with Gasteiger partial charge in [-0.15, -0.1) is 0 Å². The summed E-state index contributed by atoms with van der Waals surface area (Å²) in [7, 11) is 0. The largest absolute Gasteiger partial charge is 0.481 e. The van der Waals surface area contributed by atoms with Gasteiger partial charge in [0.25, 0.3) is 0 Å². The van der Waals surface area contributed by atoms with Crippen LogP contribution in [0.1, 0.15) is 25.3 Å². The Morgan fingerprint density at radius 2 is 2.11 bits per heavy atom. The molecule has 1 fully saturated rings. The van der Waals surface area contributed by atoms with Gasteiger partial charge in [0, 0.05) is 19.1 Å². The van der Waals surface area contributed by atoms with Gasteiger partial charge in [-0.05, 0) is 25.3 Å². The van der Waals surface area contributed by atoms with Gasteiger partial charge in [-0.2, -0.15) is 0 Å². The third-order valence-corrected chi connectivity index (χ3v) is 3.68. The number of benzene rings is 1. The van der Waals surface area contributed by atoms with Crippen molar-refractivity contribution >= 4 is 5.97 Å². The van der Waals surface area contributed by atoms with Crippen LogP contribution < -0.4 is 10.6 Å². The van der Waals surface area contributed by atoms with Crippen molar-refractivity contribution in [3.8, 4) is 0 Å². The predicted molar refractivity (Wildman–Crippen MR) is 75.2 cm³/mol. The Bertz CT molecular complexity index is 415. The highest BCUT2D eigenvalue weighted by atomic mass is 16.4. The lowest BCUT2D eigenvalue weighted by Gasteiger charge is -2.44. The highest BCUT2D eigenvalue weighted by molar-refractivity contribution is 5.68. The maximum atomic E-state index is 10.9. The second-order valence-electron chi connectivity index (χ2n) is 5.52. The van der Waals surface area contributed by atoms with Crippen molar-refractivity contribution in [2.24, 2.45) is 0 Å². The van der Waals surface area contributed by atoms with Crippen molar-refractivity contribution in [2.75, 3.05) is 13.1 Å². The van der Waals surface area contributed by atoms with E-state index in [1.807, 2.05) is 6.07 Å². The fourth-order valence-corrected chi connectivity index (χ4v) is 2.62. The molecular weight excluding hydrogens is 240 g/mol. The lowest BCUT2D eigenvalue weighted by molar-refractivity contribution is -0.139. The summed E-state index contributed by atoms with van der Waals surface area (Å²) in [6.45, 7) is 3.62. The second kappa shape index (κ2) is 6.17. The molecule has 1 saturated heterocycles. The van der Waals surface area contributed by atoms with Crippen LogP contribution in [0.5, 0.6) is 0 Å². The Morgan fingerprint density at radius 1 is 1.42 bits per heavy atom. The monoisotopic (exact) mass is 262 g/mol. The van der Waals surface area contributed by atoms with E-state index in [9.17, 15) is 4.79 Å². The molecule has 1 aromatic carbocycles. The number of carboxylic acids is 1. The van der Waals surface area contributed by atoms with Crippen LogP contribution >= 0.6 is 0 Å². The van der Waals surface area contributed by atoms with Crippen molar-refractivity contribution < 1.29 is 9.90 Å². The molecule has 1 unspecified atom stereocenters. The van der Waals surface area contributed by atoms with E-state index in [-0.39, 0.29) is 12.0 Å². The average Bonchev–Trinajstić information content (AvgIpc) is 2.34. The molecule has 0 amide bonds. The van der Waals surface area contributed by atoms with Gasteiger partial charge in [0.1, 0.15) is 0 Å². The zero-order valence-corrected chi connectivity index (χ0v) is 11.4. The summed E-state index contributed by atoms with van der Waals surface area (Å²) >= 11 is 0. The molecule has 3 N–H and O–H groups in total. The van der Waals surface area contributed by atoms with Gasteiger partial charge in [0.2, 0.25) is 0 Å². The summed E-state index contributed by atoms with van der Waals surface area (Å²) < 4.78 is 0. The van der Waals surface area contributed by atoms with Crippen LogP contribution in [-0.2, 0) is 11.2 Å². The van der Waals surface area contributed by atoms with Crippen LogP contribution in [0.4, 0.5) is 0 Å². The van der Waals surface area contributed by atoms with Crippen molar-refractivity contribution in [2.45, 2.75) is 37.8 Å². The average molecular weight is 262 g/mol. The molecule has 1 heterocycles. The van der Waals surface area contributed by atoms with E-state index >= 15 is 0 Å². The highest BCUT2D eigenvalue weighted by Gasteiger charge is 2.39.